The molecule has 0 saturated heterocycles. The van der Waals surface area contributed by atoms with Gasteiger partial charge in [0, 0.05) is 6.54 Å². The van der Waals surface area contributed by atoms with Gasteiger partial charge in [-0.05, 0) is 59.5 Å². The molecule has 2 aliphatic carbocycles. The summed E-state index contributed by atoms with van der Waals surface area (Å²) in [5.74, 6) is 1.44. The third kappa shape index (κ3) is 2.32. The molecule has 2 aliphatic rings. The van der Waals surface area contributed by atoms with Crippen molar-refractivity contribution in [3.63, 3.8) is 0 Å². The second kappa shape index (κ2) is 5.25. The number of aromatic carboxylic acids is 1. The molecule has 0 amide bonds. The molecule has 3 atom stereocenters. The lowest BCUT2D eigenvalue weighted by Crippen LogP contribution is -2.18. The molecule has 3 heteroatoms. The first-order valence-electron chi connectivity index (χ1n) is 7.85. The Balaban J connectivity index is 1.33. The third-order valence-electron chi connectivity index (χ3n) is 5.08. The topological polar surface area (TPSA) is 49.3 Å². The first-order chi connectivity index (χ1) is 10.7. The van der Waals surface area contributed by atoms with E-state index in [0.717, 1.165) is 36.4 Å². The van der Waals surface area contributed by atoms with E-state index in [0.29, 0.717) is 5.56 Å². The van der Waals surface area contributed by atoms with Crippen molar-refractivity contribution in [2.45, 2.75) is 18.9 Å². The van der Waals surface area contributed by atoms with E-state index in [-0.39, 0.29) is 0 Å². The summed E-state index contributed by atoms with van der Waals surface area (Å²) in [5.41, 5.74) is 4.47. The van der Waals surface area contributed by atoms with Gasteiger partial charge in [-0.15, -0.1) is 0 Å². The molecule has 1 saturated carbocycles. The minimum Gasteiger partial charge on any atom is -0.478 e. The van der Waals surface area contributed by atoms with E-state index in [1.807, 2.05) is 12.1 Å². The van der Waals surface area contributed by atoms with Gasteiger partial charge in [0.1, 0.15) is 0 Å². The molecule has 3 unspecified atom stereocenters. The molecule has 0 heterocycles. The van der Waals surface area contributed by atoms with Gasteiger partial charge in [0.2, 0.25) is 0 Å². The molecule has 2 aromatic rings. The summed E-state index contributed by atoms with van der Waals surface area (Å²) in [5, 5.41) is 12.5. The van der Waals surface area contributed by atoms with Crippen LogP contribution in [-0.2, 0) is 13.0 Å². The van der Waals surface area contributed by atoms with E-state index in [9.17, 15) is 4.79 Å². The Morgan fingerprint density at radius 2 is 2.05 bits per heavy atom. The predicted molar refractivity (Wildman–Crippen MR) is 85.0 cm³/mol. The standard InChI is InChI=1S/C19H19NO2/c21-19(22)14-6-3-4-12(8-14)10-20-11-17-16-9-13-5-1-2-7-15(13)18(16)17/h1-8,16-18,20H,9-11H2,(H,21,22). The highest BCUT2D eigenvalue weighted by Crippen LogP contribution is 2.60. The lowest BCUT2D eigenvalue weighted by molar-refractivity contribution is 0.0696. The maximum atomic E-state index is 11.0. The number of carboxylic acids is 1. The minimum atomic E-state index is -0.866. The largest absolute Gasteiger partial charge is 0.478 e. The molecule has 112 valence electrons. The molecule has 0 aromatic heterocycles. The molecule has 2 aromatic carbocycles. The van der Waals surface area contributed by atoms with Gasteiger partial charge in [0.15, 0.2) is 0 Å². The Labute approximate surface area is 130 Å². The van der Waals surface area contributed by atoms with Gasteiger partial charge < -0.3 is 10.4 Å². The molecular weight excluding hydrogens is 274 g/mol. The number of nitrogens with one attached hydrogen (secondary N) is 1. The SMILES string of the molecule is O=C(O)c1cccc(CNCC2C3Cc4ccccc4C23)c1. The van der Waals surface area contributed by atoms with Crippen molar-refractivity contribution in [3.8, 4) is 0 Å². The Kier molecular flexibility index (Phi) is 3.23. The van der Waals surface area contributed by atoms with Crippen LogP contribution in [0, 0.1) is 11.8 Å². The second-order valence-corrected chi connectivity index (χ2v) is 6.39. The van der Waals surface area contributed by atoms with Crippen LogP contribution in [0.4, 0.5) is 0 Å². The highest BCUT2D eigenvalue weighted by atomic mass is 16.4. The molecule has 1 fully saturated rings. The van der Waals surface area contributed by atoms with Crippen LogP contribution in [0.5, 0.6) is 0 Å². The monoisotopic (exact) mass is 293 g/mol. The fourth-order valence-electron chi connectivity index (χ4n) is 3.96. The van der Waals surface area contributed by atoms with Crippen LogP contribution in [-0.4, -0.2) is 17.6 Å². The van der Waals surface area contributed by atoms with Crippen LogP contribution < -0.4 is 5.32 Å². The van der Waals surface area contributed by atoms with Crippen molar-refractivity contribution in [2.24, 2.45) is 11.8 Å². The second-order valence-electron chi connectivity index (χ2n) is 6.39. The zero-order valence-electron chi connectivity index (χ0n) is 12.3. The van der Waals surface area contributed by atoms with Gasteiger partial charge in [-0.1, -0.05) is 36.4 Å². The molecule has 0 aliphatic heterocycles. The third-order valence-corrected chi connectivity index (χ3v) is 5.08. The number of hydrogen-bond donors (Lipinski definition) is 2. The highest BCUT2D eigenvalue weighted by Gasteiger charge is 2.54. The van der Waals surface area contributed by atoms with Gasteiger partial charge in [-0.3, -0.25) is 0 Å². The number of rotatable bonds is 5. The summed E-state index contributed by atoms with van der Waals surface area (Å²) < 4.78 is 0. The Bertz CT molecular complexity index is 725. The first-order valence-corrected chi connectivity index (χ1v) is 7.85. The maximum Gasteiger partial charge on any atom is 0.335 e. The smallest absolute Gasteiger partial charge is 0.335 e. The van der Waals surface area contributed by atoms with Crippen LogP contribution in [0.2, 0.25) is 0 Å². The van der Waals surface area contributed by atoms with Crippen molar-refractivity contribution in [3.05, 3.63) is 70.8 Å². The fourth-order valence-corrected chi connectivity index (χ4v) is 3.96. The molecule has 22 heavy (non-hydrogen) atoms. The number of fused-ring (bicyclic) bond motifs is 3. The molecule has 2 N–H and O–H groups in total. The van der Waals surface area contributed by atoms with Crippen LogP contribution in [0.15, 0.2) is 48.5 Å². The van der Waals surface area contributed by atoms with E-state index in [4.69, 9.17) is 5.11 Å². The minimum absolute atomic E-state index is 0.358. The average Bonchev–Trinajstić information content (AvgIpc) is 3.05. The van der Waals surface area contributed by atoms with Crippen LogP contribution in [0.25, 0.3) is 0 Å². The lowest BCUT2D eigenvalue weighted by Gasteiger charge is -2.09. The summed E-state index contributed by atoms with van der Waals surface area (Å²) in [6.07, 6.45) is 1.22. The summed E-state index contributed by atoms with van der Waals surface area (Å²) in [6.45, 7) is 1.75. The average molecular weight is 293 g/mol. The van der Waals surface area contributed by atoms with Crippen molar-refractivity contribution < 1.29 is 9.90 Å². The Morgan fingerprint density at radius 1 is 1.18 bits per heavy atom. The van der Waals surface area contributed by atoms with E-state index < -0.39 is 5.97 Å². The quantitative estimate of drug-likeness (QED) is 0.890. The van der Waals surface area contributed by atoms with Crippen LogP contribution in [0.3, 0.4) is 0 Å². The normalized spacial score (nSPS) is 24.6. The molecule has 0 radical (unpaired) electrons. The molecule has 0 spiro atoms. The van der Waals surface area contributed by atoms with E-state index >= 15 is 0 Å². The zero-order valence-corrected chi connectivity index (χ0v) is 12.3. The van der Waals surface area contributed by atoms with E-state index in [1.54, 1.807) is 17.7 Å². The fraction of sp³-hybridized carbons (Fsp3) is 0.316. The molecule has 3 nitrogen and oxygen atoms in total. The Morgan fingerprint density at radius 3 is 2.91 bits per heavy atom. The first kappa shape index (κ1) is 13.5. The zero-order chi connectivity index (χ0) is 15.1. The maximum absolute atomic E-state index is 11.0. The number of carboxylic acid groups (broad SMARTS) is 1. The van der Waals surface area contributed by atoms with Gasteiger partial charge in [-0.25, -0.2) is 4.79 Å². The van der Waals surface area contributed by atoms with Crippen molar-refractivity contribution in [2.75, 3.05) is 6.54 Å². The van der Waals surface area contributed by atoms with Gasteiger partial charge in [0.25, 0.3) is 0 Å². The van der Waals surface area contributed by atoms with Crippen LogP contribution >= 0.6 is 0 Å². The summed E-state index contributed by atoms with van der Waals surface area (Å²) in [6, 6.07) is 16.0. The van der Waals surface area contributed by atoms with E-state index in [1.165, 1.54) is 12.0 Å². The number of hydrogen-bond acceptors (Lipinski definition) is 2. The molecule has 0 bridgehead atoms. The number of benzene rings is 2. The van der Waals surface area contributed by atoms with Gasteiger partial charge >= 0.3 is 5.97 Å². The number of carbonyl (C=O) groups is 1. The highest BCUT2D eigenvalue weighted by molar-refractivity contribution is 5.87. The summed E-state index contributed by atoms with van der Waals surface area (Å²) in [7, 11) is 0. The van der Waals surface area contributed by atoms with E-state index in [2.05, 4.69) is 29.6 Å². The van der Waals surface area contributed by atoms with Crippen molar-refractivity contribution in [1.29, 1.82) is 0 Å². The summed E-state index contributed by atoms with van der Waals surface area (Å²) in [4.78, 5) is 11.0. The summed E-state index contributed by atoms with van der Waals surface area (Å²) >= 11 is 0. The molecular formula is C19H19NO2. The van der Waals surface area contributed by atoms with Crippen LogP contribution in [0.1, 0.15) is 33.0 Å². The lowest BCUT2D eigenvalue weighted by atomic mass is 10.0. The molecule has 4 rings (SSSR count). The Hall–Kier alpha value is -2.13. The van der Waals surface area contributed by atoms with Crippen molar-refractivity contribution >= 4 is 5.97 Å². The van der Waals surface area contributed by atoms with Crippen molar-refractivity contribution in [1.82, 2.24) is 5.32 Å². The van der Waals surface area contributed by atoms with Gasteiger partial charge in [-0.2, -0.15) is 0 Å². The van der Waals surface area contributed by atoms with Gasteiger partial charge in [0.05, 0.1) is 5.56 Å². The predicted octanol–water partition coefficient (Wildman–Crippen LogP) is 3.06.